The van der Waals surface area contributed by atoms with Crippen molar-refractivity contribution in [3.8, 4) is 0 Å². The maximum absolute atomic E-state index is 4.00. The Morgan fingerprint density at radius 3 is 1.75 bits per heavy atom. The molecule has 1 saturated heterocycles. The van der Waals surface area contributed by atoms with E-state index in [-0.39, 0.29) is 0 Å². The van der Waals surface area contributed by atoms with Gasteiger partial charge in [-0.15, -0.1) is 0 Å². The van der Waals surface area contributed by atoms with Gasteiger partial charge in [0.05, 0.1) is 0 Å². The zero-order chi connectivity index (χ0) is 9.41. The molecule has 0 spiro atoms. The molecule has 0 aromatic carbocycles. The first-order valence-corrected chi connectivity index (χ1v) is 5.70. The summed E-state index contributed by atoms with van der Waals surface area (Å²) >= 11 is 0. The molecule has 1 aliphatic rings. The predicted octanol–water partition coefficient (Wildman–Crippen LogP) is 3.32. The van der Waals surface area contributed by atoms with E-state index >= 15 is 0 Å². The zero-order valence-corrected chi connectivity index (χ0v) is 9.62. The lowest BCUT2D eigenvalue weighted by Gasteiger charge is -2.50. The van der Waals surface area contributed by atoms with Gasteiger partial charge in [-0.3, -0.25) is 0 Å². The number of piperidine rings is 1. The largest absolute Gasteiger partial charge is 0.247 e. The molecule has 0 unspecified atom stereocenters. The Bertz CT molecular complexity index is 168. The molecular formula is C10H20NP. The highest BCUT2D eigenvalue weighted by atomic mass is 31.1. The quantitative estimate of drug-likeness (QED) is 0.566. The summed E-state index contributed by atoms with van der Waals surface area (Å²) in [6, 6.07) is 0. The van der Waals surface area contributed by atoms with Gasteiger partial charge < -0.3 is 0 Å². The van der Waals surface area contributed by atoms with E-state index < -0.39 is 0 Å². The van der Waals surface area contributed by atoms with Crippen LogP contribution in [0.1, 0.15) is 47.0 Å². The van der Waals surface area contributed by atoms with Crippen molar-refractivity contribution in [2.45, 2.75) is 58.0 Å². The third kappa shape index (κ3) is 1.72. The third-order valence-electron chi connectivity index (χ3n) is 2.87. The average Bonchev–Trinajstić information content (AvgIpc) is 1.83. The molecule has 0 aromatic heterocycles. The Kier molecular flexibility index (Phi) is 2.66. The first-order chi connectivity index (χ1) is 5.40. The predicted molar refractivity (Wildman–Crippen MR) is 57.9 cm³/mol. The van der Waals surface area contributed by atoms with Crippen molar-refractivity contribution in [3.05, 3.63) is 0 Å². The van der Waals surface area contributed by atoms with Gasteiger partial charge in [-0.05, 0) is 55.3 Å². The van der Waals surface area contributed by atoms with Crippen LogP contribution in [0.25, 0.3) is 0 Å². The summed E-state index contributed by atoms with van der Waals surface area (Å²) in [5, 5.41) is 0. The molecule has 1 aliphatic heterocycles. The molecule has 0 radical (unpaired) electrons. The normalized spacial score (nSPS) is 29.0. The monoisotopic (exact) mass is 185 g/mol. The lowest BCUT2D eigenvalue weighted by molar-refractivity contribution is 0.0658. The van der Waals surface area contributed by atoms with Crippen molar-refractivity contribution in [3.63, 3.8) is 0 Å². The fourth-order valence-electron chi connectivity index (χ4n) is 2.37. The van der Waals surface area contributed by atoms with E-state index in [0.29, 0.717) is 11.1 Å². The van der Waals surface area contributed by atoms with Gasteiger partial charge in [0.2, 0.25) is 0 Å². The molecule has 0 saturated carbocycles. The summed E-state index contributed by atoms with van der Waals surface area (Å²) in [6.07, 6.45) is 7.96. The molecule has 0 N–H and O–H groups in total. The van der Waals surface area contributed by atoms with Crippen LogP contribution in [0.15, 0.2) is 0 Å². The van der Waals surface area contributed by atoms with Crippen LogP contribution in [-0.2, 0) is 0 Å². The fourth-order valence-corrected chi connectivity index (χ4v) is 3.33. The molecule has 1 rings (SSSR count). The summed E-state index contributed by atoms with van der Waals surface area (Å²) < 4.78 is 2.50. The van der Waals surface area contributed by atoms with Crippen LogP contribution < -0.4 is 0 Å². The number of rotatable bonds is 1. The summed E-state index contributed by atoms with van der Waals surface area (Å²) in [4.78, 5) is 0. The van der Waals surface area contributed by atoms with Gasteiger partial charge in [0.1, 0.15) is 0 Å². The van der Waals surface area contributed by atoms with Crippen LogP contribution in [0.3, 0.4) is 0 Å². The van der Waals surface area contributed by atoms with Crippen LogP contribution in [0.5, 0.6) is 0 Å². The highest BCUT2D eigenvalue weighted by Crippen LogP contribution is 2.41. The molecule has 2 heteroatoms. The molecule has 0 bridgehead atoms. The lowest BCUT2D eigenvalue weighted by Crippen LogP contribution is -2.53. The lowest BCUT2D eigenvalue weighted by atomic mass is 9.83. The summed E-state index contributed by atoms with van der Waals surface area (Å²) in [6.45, 7) is 9.30. The van der Waals surface area contributed by atoms with E-state index in [2.05, 4.69) is 38.7 Å². The number of hydrogen-bond donors (Lipinski definition) is 0. The van der Waals surface area contributed by atoms with E-state index in [9.17, 15) is 0 Å². The SMILES string of the molecule is C=PN1C(C)(C)CCCC1(C)C. The van der Waals surface area contributed by atoms with Gasteiger partial charge in [-0.1, -0.05) is 6.30 Å². The molecule has 1 heterocycles. The van der Waals surface area contributed by atoms with E-state index in [1.165, 1.54) is 27.6 Å². The van der Waals surface area contributed by atoms with Crippen molar-refractivity contribution < 1.29 is 0 Å². The van der Waals surface area contributed by atoms with Crippen molar-refractivity contribution in [2.75, 3.05) is 0 Å². The van der Waals surface area contributed by atoms with Crippen molar-refractivity contribution in [1.29, 1.82) is 0 Å². The Labute approximate surface area is 78.0 Å². The topological polar surface area (TPSA) is 3.24 Å². The average molecular weight is 185 g/mol. The van der Waals surface area contributed by atoms with Crippen LogP contribution >= 0.6 is 8.35 Å². The van der Waals surface area contributed by atoms with Crippen LogP contribution in [0.4, 0.5) is 0 Å². The molecule has 0 aromatic rings. The summed E-state index contributed by atoms with van der Waals surface area (Å²) in [5.74, 6) is 0. The van der Waals surface area contributed by atoms with Gasteiger partial charge in [-0.2, -0.15) is 0 Å². The Morgan fingerprint density at radius 2 is 1.50 bits per heavy atom. The molecule has 1 fully saturated rings. The van der Waals surface area contributed by atoms with E-state index in [1.807, 2.05) is 0 Å². The fraction of sp³-hybridized carbons (Fsp3) is 0.900. The van der Waals surface area contributed by atoms with Gasteiger partial charge in [0, 0.05) is 11.1 Å². The molecule has 1 nitrogen and oxygen atoms in total. The minimum atomic E-state index is 0.338. The van der Waals surface area contributed by atoms with Gasteiger partial charge >= 0.3 is 0 Å². The number of nitrogens with zero attached hydrogens (tertiary/aromatic N) is 1. The number of hydrogen-bond acceptors (Lipinski definition) is 1. The van der Waals surface area contributed by atoms with Gasteiger partial charge in [0.15, 0.2) is 0 Å². The molecule has 0 aliphatic carbocycles. The van der Waals surface area contributed by atoms with Gasteiger partial charge in [-0.25, -0.2) is 4.67 Å². The second kappa shape index (κ2) is 3.12. The van der Waals surface area contributed by atoms with E-state index in [1.54, 1.807) is 0 Å². The van der Waals surface area contributed by atoms with Crippen molar-refractivity contribution in [2.24, 2.45) is 0 Å². The molecule has 70 valence electrons. The highest BCUT2D eigenvalue weighted by Gasteiger charge is 2.39. The minimum absolute atomic E-state index is 0.338. The second-order valence-corrected chi connectivity index (χ2v) is 5.61. The summed E-state index contributed by atoms with van der Waals surface area (Å²) in [7, 11) is 1.17. The molecular weight excluding hydrogens is 165 g/mol. The minimum Gasteiger partial charge on any atom is -0.247 e. The second-order valence-electron chi connectivity index (χ2n) is 4.93. The Hall–Kier alpha value is 0.130. The standard InChI is InChI=1S/C10H20NP/c1-9(2)7-6-8-10(3,4)11(9)12-5/h5-8H2,1-4H3. The summed E-state index contributed by atoms with van der Waals surface area (Å²) in [5.41, 5.74) is 0.677. The smallest absolute Gasteiger partial charge is 0.0240 e. The van der Waals surface area contributed by atoms with Crippen LogP contribution in [0, 0.1) is 0 Å². The maximum Gasteiger partial charge on any atom is 0.0240 e. The van der Waals surface area contributed by atoms with E-state index in [4.69, 9.17) is 0 Å². The highest BCUT2D eigenvalue weighted by molar-refractivity contribution is 7.34. The first kappa shape index (κ1) is 10.2. The van der Waals surface area contributed by atoms with Crippen molar-refractivity contribution >= 4 is 14.7 Å². The first-order valence-electron chi connectivity index (χ1n) is 4.67. The molecule has 0 atom stereocenters. The Morgan fingerprint density at radius 1 is 1.08 bits per heavy atom. The van der Waals surface area contributed by atoms with Crippen LogP contribution in [0.2, 0.25) is 0 Å². The zero-order valence-electron chi connectivity index (χ0n) is 8.72. The van der Waals surface area contributed by atoms with Crippen LogP contribution in [-0.4, -0.2) is 22.0 Å². The third-order valence-corrected chi connectivity index (χ3v) is 4.23. The molecule has 0 amide bonds. The van der Waals surface area contributed by atoms with Crippen molar-refractivity contribution in [1.82, 2.24) is 4.67 Å². The Balaban J connectivity index is 2.88. The van der Waals surface area contributed by atoms with E-state index in [0.717, 1.165) is 0 Å². The maximum atomic E-state index is 4.00. The van der Waals surface area contributed by atoms with Gasteiger partial charge in [0.25, 0.3) is 0 Å². The molecule has 12 heavy (non-hydrogen) atoms.